The standard InChI is InChI=1S/C17H24N6O3/c1-11-6-13(26-21-11)7-12-9-23(10-14(12)24)16-8-15(19-17(18)20-16)22-2-4-25-5-3-22/h6,8,12,14,24H,2-5,7,9-10H2,1H3,(H2,18,19,20)/t12-,14+/m1/s1. The first-order valence-corrected chi connectivity index (χ1v) is 8.91. The number of nitrogens with two attached hydrogens (primary N) is 1. The molecule has 2 atom stereocenters. The summed E-state index contributed by atoms with van der Waals surface area (Å²) in [6.45, 7) is 6.01. The van der Waals surface area contributed by atoms with E-state index in [1.165, 1.54) is 0 Å². The minimum absolute atomic E-state index is 0.0605. The fourth-order valence-corrected chi connectivity index (χ4v) is 3.57. The van der Waals surface area contributed by atoms with Gasteiger partial charge in [0.1, 0.15) is 17.4 Å². The first-order valence-electron chi connectivity index (χ1n) is 8.91. The van der Waals surface area contributed by atoms with Gasteiger partial charge < -0.3 is 29.9 Å². The van der Waals surface area contributed by atoms with Crippen LogP contribution in [-0.4, -0.2) is 65.7 Å². The molecule has 0 amide bonds. The molecule has 4 heterocycles. The maximum absolute atomic E-state index is 10.5. The van der Waals surface area contributed by atoms with E-state index in [1.807, 2.05) is 19.1 Å². The minimum Gasteiger partial charge on any atom is -0.391 e. The fourth-order valence-electron chi connectivity index (χ4n) is 3.57. The largest absolute Gasteiger partial charge is 0.391 e. The smallest absolute Gasteiger partial charge is 0.223 e. The summed E-state index contributed by atoms with van der Waals surface area (Å²) in [5.41, 5.74) is 6.79. The van der Waals surface area contributed by atoms with Gasteiger partial charge in [-0.3, -0.25) is 0 Å². The molecular weight excluding hydrogens is 336 g/mol. The number of hydrogen-bond acceptors (Lipinski definition) is 9. The van der Waals surface area contributed by atoms with Gasteiger partial charge in [0.05, 0.1) is 25.0 Å². The Morgan fingerprint density at radius 1 is 1.15 bits per heavy atom. The number of anilines is 3. The Morgan fingerprint density at radius 2 is 1.88 bits per heavy atom. The van der Waals surface area contributed by atoms with Gasteiger partial charge in [-0.25, -0.2) is 0 Å². The van der Waals surface area contributed by atoms with Gasteiger partial charge in [0.15, 0.2) is 0 Å². The molecule has 0 unspecified atom stereocenters. The predicted molar refractivity (Wildman–Crippen MR) is 96.1 cm³/mol. The number of aliphatic hydroxyl groups excluding tert-OH is 1. The molecule has 26 heavy (non-hydrogen) atoms. The number of aryl methyl sites for hydroxylation is 1. The zero-order chi connectivity index (χ0) is 18.1. The number of morpholine rings is 1. The molecular formula is C17H24N6O3. The minimum atomic E-state index is -0.455. The summed E-state index contributed by atoms with van der Waals surface area (Å²) in [5, 5.41) is 14.4. The zero-order valence-electron chi connectivity index (χ0n) is 14.8. The molecule has 3 N–H and O–H groups in total. The highest BCUT2D eigenvalue weighted by molar-refractivity contribution is 5.55. The van der Waals surface area contributed by atoms with Crippen LogP contribution in [0.3, 0.4) is 0 Å². The van der Waals surface area contributed by atoms with Crippen molar-refractivity contribution in [1.29, 1.82) is 0 Å². The second-order valence-corrected chi connectivity index (χ2v) is 6.91. The third kappa shape index (κ3) is 3.58. The number of nitrogens with zero attached hydrogens (tertiary/aromatic N) is 5. The molecule has 140 valence electrons. The molecule has 2 aromatic rings. The van der Waals surface area contributed by atoms with Crippen LogP contribution in [0.15, 0.2) is 16.7 Å². The van der Waals surface area contributed by atoms with E-state index in [-0.39, 0.29) is 11.9 Å². The topological polar surface area (TPSA) is 114 Å². The van der Waals surface area contributed by atoms with Crippen molar-refractivity contribution >= 4 is 17.6 Å². The Balaban J connectivity index is 1.49. The third-order valence-electron chi connectivity index (χ3n) is 4.92. The first kappa shape index (κ1) is 17.0. The molecule has 2 aliphatic rings. The number of nitrogen functional groups attached to an aromatic ring is 1. The van der Waals surface area contributed by atoms with E-state index in [4.69, 9.17) is 15.0 Å². The van der Waals surface area contributed by atoms with Gasteiger partial charge in [0.25, 0.3) is 0 Å². The molecule has 2 saturated heterocycles. The fraction of sp³-hybridized carbons (Fsp3) is 0.588. The van der Waals surface area contributed by atoms with Gasteiger partial charge in [0, 0.05) is 50.7 Å². The van der Waals surface area contributed by atoms with Crippen molar-refractivity contribution in [1.82, 2.24) is 15.1 Å². The molecule has 2 aromatic heterocycles. The summed E-state index contributed by atoms with van der Waals surface area (Å²) >= 11 is 0. The molecule has 0 saturated carbocycles. The van der Waals surface area contributed by atoms with E-state index >= 15 is 0 Å². The normalized spacial score (nSPS) is 23.6. The maximum Gasteiger partial charge on any atom is 0.223 e. The Kier molecular flexibility index (Phi) is 4.64. The lowest BCUT2D eigenvalue weighted by atomic mass is 10.0. The van der Waals surface area contributed by atoms with Crippen LogP contribution in [-0.2, 0) is 11.2 Å². The molecule has 4 rings (SSSR count). The van der Waals surface area contributed by atoms with Crippen LogP contribution < -0.4 is 15.5 Å². The highest BCUT2D eigenvalue weighted by Crippen LogP contribution is 2.28. The predicted octanol–water partition coefficient (Wildman–Crippen LogP) is 0.232. The highest BCUT2D eigenvalue weighted by atomic mass is 16.5. The van der Waals surface area contributed by atoms with Gasteiger partial charge >= 0.3 is 0 Å². The summed E-state index contributed by atoms with van der Waals surface area (Å²) in [5.74, 6) is 2.65. The van der Waals surface area contributed by atoms with E-state index in [0.717, 1.165) is 36.2 Å². The number of aromatic nitrogens is 3. The Hall–Kier alpha value is -2.39. The lowest BCUT2D eigenvalue weighted by molar-refractivity contribution is 0.122. The first-order chi connectivity index (χ1) is 12.6. The van der Waals surface area contributed by atoms with Gasteiger partial charge in [-0.05, 0) is 6.92 Å². The van der Waals surface area contributed by atoms with Crippen LogP contribution in [0.2, 0.25) is 0 Å². The average molecular weight is 360 g/mol. The van der Waals surface area contributed by atoms with Crippen molar-refractivity contribution in [2.45, 2.75) is 19.4 Å². The van der Waals surface area contributed by atoms with Crippen LogP contribution in [0.25, 0.3) is 0 Å². The van der Waals surface area contributed by atoms with E-state index < -0.39 is 6.10 Å². The molecule has 9 nitrogen and oxygen atoms in total. The third-order valence-corrected chi connectivity index (χ3v) is 4.92. The molecule has 0 bridgehead atoms. The molecule has 2 fully saturated rings. The van der Waals surface area contributed by atoms with Crippen LogP contribution >= 0.6 is 0 Å². The second-order valence-electron chi connectivity index (χ2n) is 6.91. The van der Waals surface area contributed by atoms with Crippen molar-refractivity contribution in [2.75, 3.05) is 54.9 Å². The SMILES string of the molecule is Cc1cc(C[C@@H]2CN(c3cc(N4CCOCC4)nc(N)n3)C[C@@H]2O)on1. The summed E-state index contributed by atoms with van der Waals surface area (Å²) in [6, 6.07) is 3.85. The Labute approximate surface area is 151 Å². The van der Waals surface area contributed by atoms with E-state index in [1.54, 1.807) is 0 Å². The molecule has 2 aliphatic heterocycles. The quantitative estimate of drug-likeness (QED) is 0.791. The highest BCUT2D eigenvalue weighted by Gasteiger charge is 2.33. The summed E-state index contributed by atoms with van der Waals surface area (Å²) in [4.78, 5) is 12.9. The Morgan fingerprint density at radius 3 is 2.58 bits per heavy atom. The summed E-state index contributed by atoms with van der Waals surface area (Å²) in [6.07, 6.45) is 0.193. The van der Waals surface area contributed by atoms with Gasteiger partial charge in [-0.2, -0.15) is 9.97 Å². The van der Waals surface area contributed by atoms with Crippen molar-refractivity contribution in [3.05, 3.63) is 23.6 Å². The van der Waals surface area contributed by atoms with E-state index in [9.17, 15) is 5.11 Å². The number of ether oxygens (including phenoxy) is 1. The van der Waals surface area contributed by atoms with Gasteiger partial charge in [-0.15, -0.1) is 0 Å². The number of β-amino-alcohol motifs (C(OH)–C–C–N with tert-alkyl or cyclic N) is 1. The van der Waals surface area contributed by atoms with Crippen LogP contribution in [0, 0.1) is 12.8 Å². The summed E-state index contributed by atoms with van der Waals surface area (Å²) in [7, 11) is 0. The average Bonchev–Trinajstić information content (AvgIpc) is 3.21. The van der Waals surface area contributed by atoms with Crippen molar-refractivity contribution in [2.24, 2.45) is 5.92 Å². The second kappa shape index (κ2) is 7.08. The van der Waals surface area contributed by atoms with Gasteiger partial charge in [-0.1, -0.05) is 5.16 Å². The molecule has 0 spiro atoms. The maximum atomic E-state index is 10.5. The molecule has 9 heteroatoms. The van der Waals surface area contributed by atoms with Crippen molar-refractivity contribution in [3.63, 3.8) is 0 Å². The van der Waals surface area contributed by atoms with Crippen LogP contribution in [0.1, 0.15) is 11.5 Å². The lowest BCUT2D eigenvalue weighted by Gasteiger charge is -2.28. The summed E-state index contributed by atoms with van der Waals surface area (Å²) < 4.78 is 10.7. The number of rotatable bonds is 4. The van der Waals surface area contributed by atoms with Crippen molar-refractivity contribution < 1.29 is 14.4 Å². The zero-order valence-corrected chi connectivity index (χ0v) is 14.8. The Bertz CT molecular complexity index is 761. The van der Waals surface area contributed by atoms with E-state index in [2.05, 4.69) is 24.9 Å². The van der Waals surface area contributed by atoms with E-state index in [0.29, 0.717) is 32.7 Å². The molecule has 0 aromatic carbocycles. The van der Waals surface area contributed by atoms with Crippen LogP contribution in [0.5, 0.6) is 0 Å². The lowest BCUT2D eigenvalue weighted by Crippen LogP contribution is -2.37. The number of hydrogen-bond donors (Lipinski definition) is 2. The van der Waals surface area contributed by atoms with Crippen LogP contribution in [0.4, 0.5) is 17.6 Å². The monoisotopic (exact) mass is 360 g/mol. The molecule has 0 radical (unpaired) electrons. The molecule has 0 aliphatic carbocycles. The van der Waals surface area contributed by atoms with Crippen molar-refractivity contribution in [3.8, 4) is 0 Å². The van der Waals surface area contributed by atoms with Gasteiger partial charge in [0.2, 0.25) is 5.95 Å². The number of aliphatic hydroxyl groups is 1.